The normalized spacial score (nSPS) is 19.6. The van der Waals surface area contributed by atoms with Crippen LogP contribution in [0, 0.1) is 21.7 Å². The first-order valence-electron chi connectivity index (χ1n) is 20.4. The third kappa shape index (κ3) is 8.86. The van der Waals surface area contributed by atoms with Gasteiger partial charge in [0.25, 0.3) is 0 Å². The number of nitrogens with zero attached hydrogens (tertiary/aromatic N) is 2. The Labute approximate surface area is 350 Å². The summed E-state index contributed by atoms with van der Waals surface area (Å²) < 4.78 is 10.8. The van der Waals surface area contributed by atoms with Gasteiger partial charge >= 0.3 is 11.9 Å². The van der Waals surface area contributed by atoms with Crippen LogP contribution >= 0.6 is 0 Å². The van der Waals surface area contributed by atoms with Gasteiger partial charge in [-0.25, -0.2) is 0 Å². The SMILES string of the molecule is COCN1CC2(Cc3c1ccc1ccccc31)C(=O)CC(C)(C)CC2=O.COCN1CC2(Cc3c1ccc1ccccc31)C(=O)CC(C)(C)CC2=O.O=C(O)CCC(=O)O. The van der Waals surface area contributed by atoms with E-state index in [1.54, 1.807) is 14.2 Å². The molecule has 2 aliphatic carbocycles. The van der Waals surface area contributed by atoms with Crippen LogP contribution in [0.1, 0.15) is 77.3 Å². The highest BCUT2D eigenvalue weighted by molar-refractivity contribution is 6.13. The molecule has 0 bridgehead atoms. The number of hydrogen-bond donors (Lipinski definition) is 2. The van der Waals surface area contributed by atoms with Gasteiger partial charge in [0.15, 0.2) is 0 Å². The maximum absolute atomic E-state index is 13.2. The van der Waals surface area contributed by atoms with Gasteiger partial charge in [0.05, 0.1) is 12.8 Å². The molecule has 0 unspecified atom stereocenters. The topological polar surface area (TPSA) is 168 Å². The lowest BCUT2D eigenvalue weighted by atomic mass is 9.60. The molecule has 0 atom stereocenters. The van der Waals surface area contributed by atoms with Crippen molar-refractivity contribution in [2.45, 2.75) is 79.1 Å². The fourth-order valence-corrected chi connectivity index (χ4v) is 9.50. The zero-order chi connectivity index (χ0) is 43.6. The maximum Gasteiger partial charge on any atom is 0.303 e. The van der Waals surface area contributed by atoms with Crippen LogP contribution in [0.15, 0.2) is 72.8 Å². The Morgan fingerprint density at radius 1 is 0.533 bits per heavy atom. The molecule has 0 amide bonds. The number of ether oxygens (including phenoxy) is 2. The smallest absolute Gasteiger partial charge is 0.303 e. The minimum absolute atomic E-state index is 0.0819. The van der Waals surface area contributed by atoms with E-state index in [0.717, 1.165) is 44.0 Å². The molecule has 2 heterocycles. The number of fused-ring (bicyclic) bond motifs is 6. The largest absolute Gasteiger partial charge is 0.481 e. The first kappa shape index (κ1) is 44.1. The Bertz CT molecular complexity index is 2140. The van der Waals surface area contributed by atoms with Crippen LogP contribution in [0.4, 0.5) is 11.4 Å². The molecular weight excluding hydrogens is 765 g/mol. The fraction of sp³-hybridized carbons (Fsp3) is 0.458. The third-order valence-electron chi connectivity index (χ3n) is 12.4. The van der Waals surface area contributed by atoms with Crippen molar-refractivity contribution in [3.05, 3.63) is 83.9 Å². The molecule has 318 valence electrons. The average molecular weight is 821 g/mol. The highest BCUT2D eigenvalue weighted by Gasteiger charge is 2.56. The number of Topliss-reactive ketones (excluding diaryl/α,β-unsaturated/α-hetero) is 4. The van der Waals surface area contributed by atoms with E-state index in [4.69, 9.17) is 19.7 Å². The molecule has 12 heteroatoms. The number of anilines is 2. The van der Waals surface area contributed by atoms with Gasteiger partial charge in [0, 0.05) is 64.4 Å². The van der Waals surface area contributed by atoms with E-state index in [1.165, 1.54) is 0 Å². The van der Waals surface area contributed by atoms with Crippen molar-refractivity contribution < 1.29 is 48.5 Å². The standard InChI is InChI=1S/2C22H25NO3.C4H6O4/c2*1-21(2)11-19(24)22(20(25)12-21)10-17-16-7-5-4-6-15(16)8-9-18(17)23(13-22)14-26-3;5-3(6)1-2-4(7)8/h2*4-9H,10-14H2,1-3H3;1-2H2,(H,5,6)(H,7,8). The fourth-order valence-electron chi connectivity index (χ4n) is 9.50. The van der Waals surface area contributed by atoms with Crippen LogP contribution in [0.3, 0.4) is 0 Å². The molecular formula is C48H56N2O10. The molecule has 60 heavy (non-hydrogen) atoms. The third-order valence-corrected chi connectivity index (χ3v) is 12.4. The molecule has 4 aliphatic rings. The van der Waals surface area contributed by atoms with Gasteiger partial charge in [-0.2, -0.15) is 0 Å². The molecule has 0 saturated heterocycles. The lowest BCUT2D eigenvalue weighted by Gasteiger charge is -2.47. The van der Waals surface area contributed by atoms with Gasteiger partial charge in [0.1, 0.15) is 47.4 Å². The molecule has 4 aromatic rings. The zero-order valence-corrected chi connectivity index (χ0v) is 35.5. The van der Waals surface area contributed by atoms with Gasteiger partial charge in [-0.3, -0.25) is 28.8 Å². The number of carbonyl (C=O) groups excluding carboxylic acids is 4. The predicted octanol–water partition coefficient (Wildman–Crippen LogP) is 7.44. The molecule has 0 radical (unpaired) electrons. The van der Waals surface area contributed by atoms with Crippen LogP contribution in [-0.4, -0.2) is 86.1 Å². The average Bonchev–Trinajstić information content (AvgIpc) is 3.18. The van der Waals surface area contributed by atoms with Crippen molar-refractivity contribution in [1.82, 2.24) is 0 Å². The minimum atomic E-state index is -1.08. The Morgan fingerprint density at radius 3 is 1.18 bits per heavy atom. The first-order chi connectivity index (χ1) is 28.3. The Morgan fingerprint density at radius 2 is 0.867 bits per heavy atom. The molecule has 0 aromatic heterocycles. The van der Waals surface area contributed by atoms with Crippen LogP contribution in [0.25, 0.3) is 21.5 Å². The minimum Gasteiger partial charge on any atom is -0.481 e. The number of ketones is 4. The summed E-state index contributed by atoms with van der Waals surface area (Å²) in [5, 5.41) is 20.3. The van der Waals surface area contributed by atoms with E-state index in [1.807, 2.05) is 52.0 Å². The van der Waals surface area contributed by atoms with Crippen LogP contribution < -0.4 is 9.80 Å². The Kier molecular flexibility index (Phi) is 12.7. The lowest BCUT2D eigenvalue weighted by molar-refractivity contribution is -0.149. The second-order valence-corrected chi connectivity index (χ2v) is 18.3. The van der Waals surface area contributed by atoms with E-state index in [0.29, 0.717) is 65.1 Å². The summed E-state index contributed by atoms with van der Waals surface area (Å²) in [5.74, 6) is -1.83. The monoisotopic (exact) mass is 820 g/mol. The first-order valence-corrected chi connectivity index (χ1v) is 20.4. The van der Waals surface area contributed by atoms with Crippen molar-refractivity contribution in [3.8, 4) is 0 Å². The Hall–Kier alpha value is -5.46. The predicted molar refractivity (Wildman–Crippen MR) is 229 cm³/mol. The van der Waals surface area contributed by atoms with Crippen LogP contribution in [0.5, 0.6) is 0 Å². The molecule has 2 aliphatic heterocycles. The van der Waals surface area contributed by atoms with E-state index >= 15 is 0 Å². The zero-order valence-electron chi connectivity index (χ0n) is 35.5. The number of aliphatic carboxylic acids is 2. The Balaban J connectivity index is 0.000000171. The number of benzene rings is 4. The number of carbonyl (C=O) groups is 6. The van der Waals surface area contributed by atoms with E-state index in [9.17, 15) is 28.8 Å². The number of carboxylic acid groups (broad SMARTS) is 2. The summed E-state index contributed by atoms with van der Waals surface area (Å²) in [6, 6.07) is 24.7. The summed E-state index contributed by atoms with van der Waals surface area (Å²) >= 11 is 0. The van der Waals surface area contributed by atoms with Gasteiger partial charge in [-0.15, -0.1) is 0 Å². The van der Waals surface area contributed by atoms with Crippen LogP contribution in [0.2, 0.25) is 0 Å². The molecule has 8 rings (SSSR count). The van der Waals surface area contributed by atoms with Gasteiger partial charge in [0.2, 0.25) is 0 Å². The van der Waals surface area contributed by atoms with E-state index in [2.05, 4.69) is 58.3 Å². The summed E-state index contributed by atoms with van der Waals surface area (Å²) in [6.45, 7) is 9.61. The summed E-state index contributed by atoms with van der Waals surface area (Å²) in [5.41, 5.74) is 1.95. The molecule has 4 aromatic carbocycles. The van der Waals surface area contributed by atoms with Gasteiger partial charge in [-0.1, -0.05) is 88.4 Å². The van der Waals surface area contributed by atoms with E-state index in [-0.39, 0.29) is 46.8 Å². The molecule has 2 N–H and O–H groups in total. The van der Waals surface area contributed by atoms with Crippen molar-refractivity contribution in [1.29, 1.82) is 0 Å². The van der Waals surface area contributed by atoms with Crippen molar-refractivity contribution in [2.24, 2.45) is 21.7 Å². The second kappa shape index (κ2) is 17.3. The molecule has 2 saturated carbocycles. The number of hydrogen-bond acceptors (Lipinski definition) is 10. The number of methoxy groups -OCH3 is 2. The van der Waals surface area contributed by atoms with Crippen molar-refractivity contribution in [2.75, 3.05) is 50.6 Å². The summed E-state index contributed by atoms with van der Waals surface area (Å²) in [7, 11) is 3.30. The number of rotatable bonds is 7. The van der Waals surface area contributed by atoms with Crippen molar-refractivity contribution in [3.63, 3.8) is 0 Å². The molecule has 2 fully saturated rings. The van der Waals surface area contributed by atoms with Gasteiger partial charge in [-0.05, 0) is 68.5 Å². The highest BCUT2D eigenvalue weighted by Crippen LogP contribution is 2.49. The van der Waals surface area contributed by atoms with Gasteiger partial charge < -0.3 is 29.5 Å². The summed E-state index contributed by atoms with van der Waals surface area (Å²) in [6.07, 6.45) is 2.23. The molecule has 12 nitrogen and oxygen atoms in total. The molecule has 2 spiro atoms. The quantitative estimate of drug-likeness (QED) is 0.177. The van der Waals surface area contributed by atoms with Crippen LogP contribution in [-0.2, 0) is 51.1 Å². The maximum atomic E-state index is 13.2. The van der Waals surface area contributed by atoms with E-state index < -0.39 is 22.8 Å². The van der Waals surface area contributed by atoms with Crippen molar-refractivity contribution >= 4 is 68.0 Å². The number of carboxylic acids is 2. The second-order valence-electron chi connectivity index (χ2n) is 18.3. The highest BCUT2D eigenvalue weighted by atomic mass is 16.5. The summed E-state index contributed by atoms with van der Waals surface area (Å²) in [4.78, 5) is 76.2. The lowest BCUT2D eigenvalue weighted by Crippen LogP contribution is -2.57.